The standard InChI is InChI=1S/C18H30O5/c1-2-14-15(17(21)12-16(14)20)11-10-13(19)8-6-4-3-5-7-9-18(22)23/h4,6,10-11,13-17,19-21H,2-3,5,7-9,12H2,1H3,(H,22,23)/b6-4-,11-10+/t13-,14+,15-,16+,17-/m1/s1. The van der Waals surface area contributed by atoms with Gasteiger partial charge in [0.1, 0.15) is 0 Å². The summed E-state index contributed by atoms with van der Waals surface area (Å²) in [7, 11) is 0. The normalized spacial score (nSPS) is 29.6. The summed E-state index contributed by atoms with van der Waals surface area (Å²) in [5, 5.41) is 38.3. The highest BCUT2D eigenvalue weighted by atomic mass is 16.4. The van der Waals surface area contributed by atoms with Crippen LogP contribution < -0.4 is 0 Å². The monoisotopic (exact) mass is 326 g/mol. The molecule has 0 spiro atoms. The summed E-state index contributed by atoms with van der Waals surface area (Å²) in [6.07, 6.45) is 10.0. The summed E-state index contributed by atoms with van der Waals surface area (Å²) < 4.78 is 0. The predicted octanol–water partition coefficient (Wildman–Crippen LogP) is 2.26. The average Bonchev–Trinajstić information content (AvgIpc) is 2.76. The third-order valence-corrected chi connectivity index (χ3v) is 4.50. The van der Waals surface area contributed by atoms with Crippen molar-refractivity contribution in [3.8, 4) is 0 Å². The fourth-order valence-electron chi connectivity index (χ4n) is 3.16. The molecule has 0 aromatic carbocycles. The molecule has 0 aliphatic heterocycles. The number of rotatable bonds is 10. The van der Waals surface area contributed by atoms with E-state index in [4.69, 9.17) is 5.11 Å². The van der Waals surface area contributed by atoms with Gasteiger partial charge in [0.15, 0.2) is 0 Å². The van der Waals surface area contributed by atoms with E-state index >= 15 is 0 Å². The number of carboxylic acids is 1. The Hall–Kier alpha value is -1.17. The summed E-state index contributed by atoms with van der Waals surface area (Å²) in [6, 6.07) is 0. The molecule has 0 amide bonds. The van der Waals surface area contributed by atoms with Crippen molar-refractivity contribution in [2.24, 2.45) is 11.8 Å². The molecule has 0 saturated heterocycles. The number of hydrogen-bond acceptors (Lipinski definition) is 4. The van der Waals surface area contributed by atoms with Gasteiger partial charge in [-0.1, -0.05) is 37.6 Å². The van der Waals surface area contributed by atoms with E-state index in [1.807, 2.05) is 25.2 Å². The van der Waals surface area contributed by atoms with E-state index in [2.05, 4.69) is 0 Å². The third-order valence-electron chi connectivity index (χ3n) is 4.50. The molecule has 0 heterocycles. The highest BCUT2D eigenvalue weighted by Gasteiger charge is 2.38. The van der Waals surface area contributed by atoms with Gasteiger partial charge in [-0.2, -0.15) is 0 Å². The zero-order valence-electron chi connectivity index (χ0n) is 13.8. The van der Waals surface area contributed by atoms with Crippen molar-refractivity contribution in [3.05, 3.63) is 24.3 Å². The first-order chi connectivity index (χ1) is 11.0. The van der Waals surface area contributed by atoms with Gasteiger partial charge in [-0.15, -0.1) is 0 Å². The Morgan fingerprint density at radius 1 is 1.22 bits per heavy atom. The summed E-state index contributed by atoms with van der Waals surface area (Å²) >= 11 is 0. The van der Waals surface area contributed by atoms with Gasteiger partial charge in [0.2, 0.25) is 0 Å². The molecule has 1 rings (SSSR count). The van der Waals surface area contributed by atoms with Crippen molar-refractivity contribution in [2.75, 3.05) is 0 Å². The van der Waals surface area contributed by atoms with Crippen LogP contribution in [0.25, 0.3) is 0 Å². The number of aliphatic hydroxyl groups excluding tert-OH is 3. The summed E-state index contributed by atoms with van der Waals surface area (Å²) in [5.41, 5.74) is 0. The van der Waals surface area contributed by atoms with Crippen molar-refractivity contribution in [3.63, 3.8) is 0 Å². The summed E-state index contributed by atoms with van der Waals surface area (Å²) in [6.45, 7) is 2.00. The van der Waals surface area contributed by atoms with Crippen molar-refractivity contribution >= 4 is 5.97 Å². The first-order valence-electron chi connectivity index (χ1n) is 8.55. The van der Waals surface area contributed by atoms with E-state index in [0.717, 1.165) is 19.3 Å². The number of aliphatic carboxylic acids is 1. The van der Waals surface area contributed by atoms with Gasteiger partial charge in [0.25, 0.3) is 0 Å². The topological polar surface area (TPSA) is 98.0 Å². The minimum absolute atomic E-state index is 0.0539. The molecule has 0 radical (unpaired) electrons. The summed E-state index contributed by atoms with van der Waals surface area (Å²) in [5.74, 6) is -0.804. The molecule has 23 heavy (non-hydrogen) atoms. The zero-order chi connectivity index (χ0) is 17.2. The Morgan fingerprint density at radius 3 is 2.61 bits per heavy atom. The van der Waals surface area contributed by atoms with E-state index in [-0.39, 0.29) is 18.3 Å². The van der Waals surface area contributed by atoms with E-state index in [1.54, 1.807) is 6.08 Å². The van der Waals surface area contributed by atoms with Crippen LogP contribution in [0.4, 0.5) is 0 Å². The van der Waals surface area contributed by atoms with Gasteiger partial charge in [-0.25, -0.2) is 0 Å². The Morgan fingerprint density at radius 2 is 1.96 bits per heavy atom. The van der Waals surface area contributed by atoms with Crippen molar-refractivity contribution in [2.45, 2.75) is 70.2 Å². The number of hydrogen-bond donors (Lipinski definition) is 4. The summed E-state index contributed by atoms with van der Waals surface area (Å²) in [4.78, 5) is 10.4. The van der Waals surface area contributed by atoms with Crippen molar-refractivity contribution in [1.29, 1.82) is 0 Å². The molecule has 4 N–H and O–H groups in total. The fourth-order valence-corrected chi connectivity index (χ4v) is 3.16. The van der Waals surface area contributed by atoms with Crippen LogP contribution in [0.2, 0.25) is 0 Å². The second kappa shape index (κ2) is 10.6. The molecule has 132 valence electrons. The van der Waals surface area contributed by atoms with E-state index in [9.17, 15) is 20.1 Å². The molecule has 5 atom stereocenters. The van der Waals surface area contributed by atoms with Crippen molar-refractivity contribution in [1.82, 2.24) is 0 Å². The highest BCUT2D eigenvalue weighted by molar-refractivity contribution is 5.66. The van der Waals surface area contributed by atoms with Gasteiger partial charge >= 0.3 is 5.97 Å². The lowest BCUT2D eigenvalue weighted by Crippen LogP contribution is -2.20. The molecular formula is C18H30O5. The van der Waals surface area contributed by atoms with Gasteiger partial charge in [-0.05, 0) is 31.6 Å². The van der Waals surface area contributed by atoms with E-state index in [1.165, 1.54) is 0 Å². The van der Waals surface area contributed by atoms with Crippen LogP contribution >= 0.6 is 0 Å². The minimum Gasteiger partial charge on any atom is -0.481 e. The highest BCUT2D eigenvalue weighted by Crippen LogP contribution is 2.35. The van der Waals surface area contributed by atoms with Crippen LogP contribution in [0.15, 0.2) is 24.3 Å². The molecule has 0 unspecified atom stereocenters. The largest absolute Gasteiger partial charge is 0.481 e. The van der Waals surface area contributed by atoms with E-state index in [0.29, 0.717) is 19.3 Å². The SMILES string of the molecule is CC[C@H]1[C@@H](/C=C/[C@H](O)C/C=C\CCCCC(=O)O)[C@H](O)C[C@@H]1O. The van der Waals surface area contributed by atoms with Crippen LogP contribution in [0.1, 0.15) is 51.9 Å². The van der Waals surface area contributed by atoms with Gasteiger partial charge < -0.3 is 20.4 Å². The number of unbranched alkanes of at least 4 members (excludes halogenated alkanes) is 2. The van der Waals surface area contributed by atoms with Crippen LogP contribution in [0.5, 0.6) is 0 Å². The molecule has 0 bridgehead atoms. The molecule has 1 aliphatic carbocycles. The Kier molecular flexibility index (Phi) is 9.14. The van der Waals surface area contributed by atoms with Crippen LogP contribution in [0, 0.1) is 11.8 Å². The molecule has 0 aromatic heterocycles. The lowest BCUT2D eigenvalue weighted by Gasteiger charge is -2.19. The van der Waals surface area contributed by atoms with Gasteiger partial charge in [0, 0.05) is 18.8 Å². The fraction of sp³-hybridized carbons (Fsp3) is 0.722. The van der Waals surface area contributed by atoms with E-state index < -0.39 is 24.3 Å². The number of allylic oxidation sites excluding steroid dienone is 1. The second-order valence-corrected chi connectivity index (χ2v) is 6.32. The van der Waals surface area contributed by atoms with Crippen molar-refractivity contribution < 1.29 is 25.2 Å². The molecule has 5 heteroatoms. The number of carboxylic acid groups (broad SMARTS) is 1. The quantitative estimate of drug-likeness (QED) is 0.365. The molecule has 1 aliphatic rings. The first kappa shape index (κ1) is 19.9. The lowest BCUT2D eigenvalue weighted by atomic mass is 9.90. The Balaban J connectivity index is 2.27. The lowest BCUT2D eigenvalue weighted by molar-refractivity contribution is -0.137. The molecule has 1 saturated carbocycles. The molecule has 1 fully saturated rings. The maximum absolute atomic E-state index is 10.4. The number of aliphatic hydroxyl groups is 3. The third kappa shape index (κ3) is 7.29. The predicted molar refractivity (Wildman–Crippen MR) is 88.9 cm³/mol. The second-order valence-electron chi connectivity index (χ2n) is 6.32. The Bertz CT molecular complexity index is 404. The van der Waals surface area contributed by atoms with Gasteiger partial charge in [-0.3, -0.25) is 4.79 Å². The van der Waals surface area contributed by atoms with Gasteiger partial charge in [0.05, 0.1) is 18.3 Å². The molecule has 0 aromatic rings. The van der Waals surface area contributed by atoms with Crippen LogP contribution in [-0.4, -0.2) is 44.7 Å². The van der Waals surface area contributed by atoms with Crippen LogP contribution in [0.3, 0.4) is 0 Å². The average molecular weight is 326 g/mol. The maximum atomic E-state index is 10.4. The smallest absolute Gasteiger partial charge is 0.303 e. The van der Waals surface area contributed by atoms with Crippen LogP contribution in [-0.2, 0) is 4.79 Å². The first-order valence-corrected chi connectivity index (χ1v) is 8.55. The maximum Gasteiger partial charge on any atom is 0.303 e. The number of carbonyl (C=O) groups is 1. The molecule has 5 nitrogen and oxygen atoms in total. The minimum atomic E-state index is -0.765. The zero-order valence-corrected chi connectivity index (χ0v) is 13.8. The molecular weight excluding hydrogens is 296 g/mol. The Labute approximate surface area is 138 Å².